The molecule has 17 heavy (non-hydrogen) atoms. The van der Waals surface area contributed by atoms with E-state index in [1.807, 2.05) is 12.3 Å². The summed E-state index contributed by atoms with van der Waals surface area (Å²) in [6.07, 6.45) is 3.78. The zero-order valence-corrected chi connectivity index (χ0v) is 9.54. The molecule has 1 aromatic carbocycles. The van der Waals surface area contributed by atoms with E-state index in [1.165, 1.54) is 12.1 Å². The highest BCUT2D eigenvalue weighted by Gasteiger charge is 2.07. The number of nitro groups is 1. The van der Waals surface area contributed by atoms with E-state index in [0.717, 1.165) is 18.5 Å². The zero-order valence-electron chi connectivity index (χ0n) is 9.54. The fraction of sp³-hybridized carbons (Fsp3) is 0.250. The molecule has 0 saturated carbocycles. The van der Waals surface area contributed by atoms with Crippen molar-refractivity contribution in [1.82, 2.24) is 9.78 Å². The van der Waals surface area contributed by atoms with E-state index in [2.05, 4.69) is 12.0 Å². The van der Waals surface area contributed by atoms with Crippen LogP contribution in [0, 0.1) is 10.1 Å². The first-order chi connectivity index (χ1) is 8.20. The SMILES string of the molecule is CCCc1ccn(-c2cccc([N+](=O)[O-])c2)n1. The molecule has 5 heteroatoms. The molecule has 1 aromatic heterocycles. The Morgan fingerprint density at radius 1 is 1.41 bits per heavy atom. The molecule has 0 radical (unpaired) electrons. The van der Waals surface area contributed by atoms with Gasteiger partial charge in [-0.25, -0.2) is 4.68 Å². The van der Waals surface area contributed by atoms with Crippen molar-refractivity contribution in [3.05, 3.63) is 52.3 Å². The molecule has 0 bridgehead atoms. The van der Waals surface area contributed by atoms with E-state index >= 15 is 0 Å². The number of hydrogen-bond donors (Lipinski definition) is 0. The maximum atomic E-state index is 10.7. The van der Waals surface area contributed by atoms with Gasteiger partial charge in [0.05, 0.1) is 16.3 Å². The highest BCUT2D eigenvalue weighted by atomic mass is 16.6. The van der Waals surface area contributed by atoms with Crippen molar-refractivity contribution in [3.63, 3.8) is 0 Å². The van der Waals surface area contributed by atoms with E-state index in [-0.39, 0.29) is 5.69 Å². The third kappa shape index (κ3) is 2.50. The Bertz CT molecular complexity index is 534. The molecule has 0 aliphatic heterocycles. The van der Waals surface area contributed by atoms with Gasteiger partial charge in [0.2, 0.25) is 0 Å². The van der Waals surface area contributed by atoms with Crippen LogP contribution >= 0.6 is 0 Å². The van der Waals surface area contributed by atoms with Crippen LogP contribution in [0.25, 0.3) is 5.69 Å². The molecule has 88 valence electrons. The maximum Gasteiger partial charge on any atom is 0.271 e. The first-order valence-electron chi connectivity index (χ1n) is 5.50. The third-order valence-corrected chi connectivity index (χ3v) is 2.46. The summed E-state index contributed by atoms with van der Waals surface area (Å²) >= 11 is 0. The highest BCUT2D eigenvalue weighted by Crippen LogP contribution is 2.16. The number of hydrogen-bond acceptors (Lipinski definition) is 3. The fourth-order valence-electron chi connectivity index (χ4n) is 1.64. The van der Waals surface area contributed by atoms with Crippen LogP contribution in [0.3, 0.4) is 0 Å². The average molecular weight is 231 g/mol. The van der Waals surface area contributed by atoms with Gasteiger partial charge in [0.15, 0.2) is 0 Å². The Morgan fingerprint density at radius 3 is 2.94 bits per heavy atom. The zero-order chi connectivity index (χ0) is 12.3. The molecule has 0 aliphatic rings. The minimum Gasteiger partial charge on any atom is -0.258 e. The van der Waals surface area contributed by atoms with Gasteiger partial charge in [0, 0.05) is 18.3 Å². The largest absolute Gasteiger partial charge is 0.271 e. The second-order valence-electron chi connectivity index (χ2n) is 3.78. The van der Waals surface area contributed by atoms with Crippen LogP contribution in [0.5, 0.6) is 0 Å². The van der Waals surface area contributed by atoms with Gasteiger partial charge in [0.25, 0.3) is 5.69 Å². The van der Waals surface area contributed by atoms with Crippen molar-refractivity contribution < 1.29 is 4.92 Å². The van der Waals surface area contributed by atoms with Gasteiger partial charge in [-0.3, -0.25) is 10.1 Å². The second kappa shape index (κ2) is 4.78. The van der Waals surface area contributed by atoms with Gasteiger partial charge in [0.1, 0.15) is 0 Å². The van der Waals surface area contributed by atoms with Crippen molar-refractivity contribution in [3.8, 4) is 5.69 Å². The molecule has 0 aliphatic carbocycles. The average Bonchev–Trinajstić information content (AvgIpc) is 2.78. The Labute approximate surface area is 98.8 Å². The minimum atomic E-state index is -0.403. The quantitative estimate of drug-likeness (QED) is 0.600. The molecular formula is C12H13N3O2. The van der Waals surface area contributed by atoms with E-state index in [1.54, 1.807) is 16.8 Å². The Morgan fingerprint density at radius 2 is 2.24 bits per heavy atom. The molecule has 2 rings (SSSR count). The lowest BCUT2D eigenvalue weighted by molar-refractivity contribution is -0.384. The molecule has 0 N–H and O–H groups in total. The second-order valence-corrected chi connectivity index (χ2v) is 3.78. The fourth-order valence-corrected chi connectivity index (χ4v) is 1.64. The summed E-state index contributed by atoms with van der Waals surface area (Å²) in [5.74, 6) is 0. The number of nitro benzene ring substituents is 1. The standard InChI is InChI=1S/C12H13N3O2/c1-2-4-10-7-8-14(13-10)11-5-3-6-12(9-11)15(16)17/h3,5-9H,2,4H2,1H3. The highest BCUT2D eigenvalue weighted by molar-refractivity contribution is 5.42. The van der Waals surface area contributed by atoms with E-state index < -0.39 is 4.92 Å². The van der Waals surface area contributed by atoms with Crippen molar-refractivity contribution in [1.29, 1.82) is 0 Å². The van der Waals surface area contributed by atoms with Crippen molar-refractivity contribution in [2.24, 2.45) is 0 Å². The van der Waals surface area contributed by atoms with Crippen LogP contribution in [-0.4, -0.2) is 14.7 Å². The molecule has 0 fully saturated rings. The number of aryl methyl sites for hydroxylation is 1. The lowest BCUT2D eigenvalue weighted by Crippen LogP contribution is -1.97. The van der Waals surface area contributed by atoms with E-state index in [9.17, 15) is 10.1 Å². The van der Waals surface area contributed by atoms with Crippen LogP contribution in [0.2, 0.25) is 0 Å². The topological polar surface area (TPSA) is 61.0 Å². The van der Waals surface area contributed by atoms with Crippen LogP contribution in [0.4, 0.5) is 5.69 Å². The smallest absolute Gasteiger partial charge is 0.258 e. The summed E-state index contributed by atoms with van der Waals surface area (Å²) in [6.45, 7) is 2.09. The summed E-state index contributed by atoms with van der Waals surface area (Å²) in [5.41, 5.74) is 1.79. The lowest BCUT2D eigenvalue weighted by atomic mass is 10.3. The van der Waals surface area contributed by atoms with Gasteiger partial charge in [-0.2, -0.15) is 5.10 Å². The lowest BCUT2D eigenvalue weighted by Gasteiger charge is -2.00. The van der Waals surface area contributed by atoms with Gasteiger partial charge in [-0.15, -0.1) is 0 Å². The summed E-state index contributed by atoms with van der Waals surface area (Å²) in [4.78, 5) is 10.3. The normalized spacial score (nSPS) is 10.4. The van der Waals surface area contributed by atoms with Crippen LogP contribution < -0.4 is 0 Å². The Kier molecular flexibility index (Phi) is 3.18. The summed E-state index contributed by atoms with van der Waals surface area (Å²) in [7, 11) is 0. The molecule has 0 unspecified atom stereocenters. The summed E-state index contributed by atoms with van der Waals surface area (Å²) in [5, 5.41) is 15.0. The van der Waals surface area contributed by atoms with Crippen molar-refractivity contribution in [2.75, 3.05) is 0 Å². The summed E-state index contributed by atoms with van der Waals surface area (Å²) in [6, 6.07) is 8.38. The molecule has 0 saturated heterocycles. The van der Waals surface area contributed by atoms with Crippen LogP contribution in [0.1, 0.15) is 19.0 Å². The number of nitrogens with zero attached hydrogens (tertiary/aromatic N) is 3. The van der Waals surface area contributed by atoms with Gasteiger partial charge in [-0.1, -0.05) is 19.4 Å². The van der Waals surface area contributed by atoms with Crippen molar-refractivity contribution in [2.45, 2.75) is 19.8 Å². The molecule has 5 nitrogen and oxygen atoms in total. The Balaban J connectivity index is 2.32. The van der Waals surface area contributed by atoms with Gasteiger partial charge >= 0.3 is 0 Å². The maximum absolute atomic E-state index is 10.7. The van der Waals surface area contributed by atoms with Crippen molar-refractivity contribution >= 4 is 5.69 Å². The molecule has 0 spiro atoms. The number of non-ortho nitro benzene ring substituents is 1. The number of benzene rings is 1. The number of aromatic nitrogens is 2. The monoisotopic (exact) mass is 231 g/mol. The first-order valence-corrected chi connectivity index (χ1v) is 5.50. The molecule has 2 aromatic rings. The first kappa shape index (κ1) is 11.3. The minimum absolute atomic E-state index is 0.0787. The van der Waals surface area contributed by atoms with E-state index in [0.29, 0.717) is 5.69 Å². The molecule has 1 heterocycles. The van der Waals surface area contributed by atoms with Crippen LogP contribution in [0.15, 0.2) is 36.5 Å². The van der Waals surface area contributed by atoms with Gasteiger partial charge in [-0.05, 0) is 18.6 Å². The number of rotatable bonds is 4. The molecular weight excluding hydrogens is 218 g/mol. The van der Waals surface area contributed by atoms with E-state index in [4.69, 9.17) is 0 Å². The van der Waals surface area contributed by atoms with Crippen LogP contribution in [-0.2, 0) is 6.42 Å². The Hall–Kier alpha value is -2.17. The van der Waals surface area contributed by atoms with Gasteiger partial charge < -0.3 is 0 Å². The third-order valence-electron chi connectivity index (χ3n) is 2.46. The predicted molar refractivity (Wildman–Crippen MR) is 64.2 cm³/mol. The predicted octanol–water partition coefficient (Wildman–Crippen LogP) is 2.73. The molecule has 0 amide bonds. The molecule has 0 atom stereocenters. The summed E-state index contributed by atoms with van der Waals surface area (Å²) < 4.78 is 1.66.